The Morgan fingerprint density at radius 2 is 2.00 bits per heavy atom. The Kier molecular flexibility index (Phi) is 3.50. The van der Waals surface area contributed by atoms with Crippen LogP contribution in [-0.4, -0.2) is 15.2 Å². The molecule has 0 aliphatic carbocycles. The lowest BCUT2D eigenvalue weighted by Gasteiger charge is -2.00. The van der Waals surface area contributed by atoms with Crippen molar-refractivity contribution in [2.75, 3.05) is 5.73 Å². The van der Waals surface area contributed by atoms with Gasteiger partial charge in [0.25, 0.3) is 5.89 Å². The van der Waals surface area contributed by atoms with E-state index in [9.17, 15) is 9.50 Å². The number of hydrogen-bond donors (Lipinski definition) is 2. The van der Waals surface area contributed by atoms with Crippen LogP contribution in [0.25, 0.3) is 22.8 Å². The highest BCUT2D eigenvalue weighted by molar-refractivity contribution is 14.1. The van der Waals surface area contributed by atoms with Gasteiger partial charge in [-0.2, -0.15) is 4.98 Å². The third-order valence-electron chi connectivity index (χ3n) is 2.88. The van der Waals surface area contributed by atoms with Crippen LogP contribution in [0.1, 0.15) is 0 Å². The maximum Gasteiger partial charge on any atom is 0.260 e. The van der Waals surface area contributed by atoms with E-state index in [4.69, 9.17) is 10.3 Å². The second-order valence-corrected chi connectivity index (χ2v) is 5.57. The van der Waals surface area contributed by atoms with Crippen LogP contribution in [0, 0.1) is 9.39 Å². The van der Waals surface area contributed by atoms with Crippen LogP contribution in [0.15, 0.2) is 40.9 Å². The van der Waals surface area contributed by atoms with E-state index in [2.05, 4.69) is 32.7 Å². The van der Waals surface area contributed by atoms with Crippen molar-refractivity contribution in [3.05, 3.63) is 45.8 Å². The van der Waals surface area contributed by atoms with Crippen molar-refractivity contribution in [3.63, 3.8) is 0 Å². The first-order valence-corrected chi connectivity index (χ1v) is 7.00. The molecule has 3 N–H and O–H groups in total. The van der Waals surface area contributed by atoms with Gasteiger partial charge in [0.2, 0.25) is 5.82 Å². The van der Waals surface area contributed by atoms with Crippen molar-refractivity contribution in [3.8, 4) is 28.6 Å². The van der Waals surface area contributed by atoms with Gasteiger partial charge in [-0.05, 0) is 59.0 Å². The van der Waals surface area contributed by atoms with E-state index in [1.807, 2.05) is 12.1 Å². The van der Waals surface area contributed by atoms with Crippen LogP contribution >= 0.6 is 22.6 Å². The predicted octanol–water partition coefficient (Wildman–Crippen LogP) is 3.44. The lowest BCUT2D eigenvalue weighted by molar-refractivity contribution is 0.430. The minimum absolute atomic E-state index is 0.224. The summed E-state index contributed by atoms with van der Waals surface area (Å²) in [5.74, 6) is -0.686. The molecule has 0 saturated carbocycles. The Balaban J connectivity index is 2.03. The summed E-state index contributed by atoms with van der Waals surface area (Å²) in [6, 6.07) is 9.32. The number of benzene rings is 2. The van der Waals surface area contributed by atoms with Crippen molar-refractivity contribution in [1.82, 2.24) is 10.1 Å². The average molecular weight is 397 g/mol. The summed E-state index contributed by atoms with van der Waals surface area (Å²) in [6.45, 7) is 0. The molecule has 0 bridgehead atoms. The zero-order valence-electron chi connectivity index (χ0n) is 10.5. The lowest BCUT2D eigenvalue weighted by atomic mass is 10.2. The summed E-state index contributed by atoms with van der Waals surface area (Å²) in [5.41, 5.74) is 7.44. The molecule has 106 valence electrons. The normalized spacial score (nSPS) is 10.8. The van der Waals surface area contributed by atoms with Gasteiger partial charge >= 0.3 is 0 Å². The summed E-state index contributed by atoms with van der Waals surface area (Å²) in [7, 11) is 0. The van der Waals surface area contributed by atoms with E-state index in [0.29, 0.717) is 16.8 Å². The van der Waals surface area contributed by atoms with Gasteiger partial charge in [-0.25, -0.2) is 4.39 Å². The largest absolute Gasteiger partial charge is 0.505 e. The van der Waals surface area contributed by atoms with Crippen LogP contribution in [0.4, 0.5) is 10.1 Å². The molecule has 21 heavy (non-hydrogen) atoms. The Labute approximate surface area is 132 Å². The van der Waals surface area contributed by atoms with Gasteiger partial charge in [0, 0.05) is 14.8 Å². The van der Waals surface area contributed by atoms with Gasteiger partial charge in [0.1, 0.15) is 0 Å². The Morgan fingerprint density at radius 1 is 1.19 bits per heavy atom. The van der Waals surface area contributed by atoms with Gasteiger partial charge in [-0.3, -0.25) is 0 Å². The number of nitrogens with zero attached hydrogens (tertiary/aromatic N) is 2. The first-order valence-electron chi connectivity index (χ1n) is 5.92. The Morgan fingerprint density at radius 3 is 2.76 bits per heavy atom. The molecule has 0 unspecified atom stereocenters. The number of aromatic nitrogens is 2. The van der Waals surface area contributed by atoms with Crippen molar-refractivity contribution >= 4 is 28.3 Å². The Bertz CT molecular complexity index is 820. The van der Waals surface area contributed by atoms with Crippen molar-refractivity contribution in [2.24, 2.45) is 0 Å². The minimum atomic E-state index is -0.743. The second-order valence-electron chi connectivity index (χ2n) is 4.32. The molecular formula is C14H9FIN3O2. The molecule has 7 heteroatoms. The third kappa shape index (κ3) is 2.68. The fraction of sp³-hybridized carbons (Fsp3) is 0. The van der Waals surface area contributed by atoms with Crippen LogP contribution in [0.5, 0.6) is 5.75 Å². The SMILES string of the molecule is Nc1ccc(I)cc1-c1nc(-c2ccc(O)c(F)c2)no1. The topological polar surface area (TPSA) is 85.2 Å². The smallest absolute Gasteiger partial charge is 0.260 e. The fourth-order valence-corrected chi connectivity index (χ4v) is 2.30. The van der Waals surface area contributed by atoms with Gasteiger partial charge in [0.05, 0.1) is 5.56 Å². The number of rotatable bonds is 2. The van der Waals surface area contributed by atoms with Crippen molar-refractivity contribution in [2.45, 2.75) is 0 Å². The summed E-state index contributed by atoms with van der Waals surface area (Å²) >= 11 is 2.15. The maximum atomic E-state index is 13.4. The molecule has 5 nitrogen and oxygen atoms in total. The molecule has 0 spiro atoms. The fourth-order valence-electron chi connectivity index (χ4n) is 1.81. The first-order chi connectivity index (χ1) is 10.0. The zero-order valence-corrected chi connectivity index (χ0v) is 12.7. The number of phenolic OH excluding ortho intramolecular Hbond substituents is 1. The number of anilines is 1. The van der Waals surface area contributed by atoms with E-state index in [1.165, 1.54) is 12.1 Å². The number of nitrogen functional groups attached to an aromatic ring is 1. The highest BCUT2D eigenvalue weighted by Crippen LogP contribution is 2.29. The summed E-state index contributed by atoms with van der Waals surface area (Å²) in [6.07, 6.45) is 0. The van der Waals surface area contributed by atoms with Gasteiger partial charge in [-0.15, -0.1) is 0 Å². The van der Waals surface area contributed by atoms with Gasteiger partial charge in [0.15, 0.2) is 11.6 Å². The summed E-state index contributed by atoms with van der Waals surface area (Å²) < 4.78 is 19.5. The van der Waals surface area contributed by atoms with Crippen molar-refractivity contribution < 1.29 is 14.0 Å². The molecule has 0 atom stereocenters. The molecule has 0 saturated heterocycles. The minimum Gasteiger partial charge on any atom is -0.505 e. The highest BCUT2D eigenvalue weighted by atomic mass is 127. The van der Waals surface area contributed by atoms with Crippen LogP contribution in [-0.2, 0) is 0 Å². The Hall–Kier alpha value is -2.16. The molecule has 3 aromatic rings. The van der Waals surface area contributed by atoms with E-state index in [1.54, 1.807) is 6.07 Å². The van der Waals surface area contributed by atoms with E-state index in [-0.39, 0.29) is 11.7 Å². The van der Waals surface area contributed by atoms with Crippen molar-refractivity contribution in [1.29, 1.82) is 0 Å². The highest BCUT2D eigenvalue weighted by Gasteiger charge is 2.14. The number of aromatic hydroxyl groups is 1. The number of halogens is 2. The number of phenols is 1. The molecule has 0 aliphatic heterocycles. The average Bonchev–Trinajstić information content (AvgIpc) is 2.94. The lowest BCUT2D eigenvalue weighted by Crippen LogP contribution is -1.91. The zero-order chi connectivity index (χ0) is 15.0. The quantitative estimate of drug-likeness (QED) is 0.511. The molecule has 0 amide bonds. The van der Waals surface area contributed by atoms with Gasteiger partial charge in [-0.1, -0.05) is 5.16 Å². The predicted molar refractivity (Wildman–Crippen MR) is 83.9 cm³/mol. The monoisotopic (exact) mass is 397 g/mol. The molecule has 0 aliphatic rings. The molecule has 3 rings (SSSR count). The number of nitrogens with two attached hydrogens (primary N) is 1. The van der Waals surface area contributed by atoms with Gasteiger partial charge < -0.3 is 15.4 Å². The maximum absolute atomic E-state index is 13.4. The summed E-state index contributed by atoms with van der Waals surface area (Å²) in [5, 5.41) is 13.0. The first kappa shape index (κ1) is 13.8. The standard InChI is InChI=1S/C14H9FIN3O2/c15-10-5-7(1-4-12(10)20)13-18-14(21-19-13)9-6-8(16)2-3-11(9)17/h1-6,20H,17H2. The number of hydrogen-bond acceptors (Lipinski definition) is 5. The summed E-state index contributed by atoms with van der Waals surface area (Å²) in [4.78, 5) is 4.21. The van der Waals surface area contributed by atoms with E-state index < -0.39 is 11.6 Å². The molecule has 2 aromatic carbocycles. The molecule has 0 radical (unpaired) electrons. The van der Waals surface area contributed by atoms with E-state index >= 15 is 0 Å². The molecular weight excluding hydrogens is 388 g/mol. The van der Waals surface area contributed by atoms with E-state index in [0.717, 1.165) is 9.64 Å². The van der Waals surface area contributed by atoms with Crippen LogP contribution in [0.2, 0.25) is 0 Å². The molecule has 0 fully saturated rings. The van der Waals surface area contributed by atoms with Crippen LogP contribution in [0.3, 0.4) is 0 Å². The second kappa shape index (κ2) is 5.32. The molecule has 1 heterocycles. The third-order valence-corrected chi connectivity index (χ3v) is 3.55. The molecule has 1 aromatic heterocycles. The van der Waals surface area contributed by atoms with Crippen LogP contribution < -0.4 is 5.73 Å².